The average Bonchev–Trinajstić information content (AvgIpc) is 2.25. The molecule has 94 valence electrons. The van der Waals surface area contributed by atoms with Gasteiger partial charge >= 0.3 is 0 Å². The van der Waals surface area contributed by atoms with E-state index in [1.165, 1.54) is 24.1 Å². The molecule has 17 heavy (non-hydrogen) atoms. The molecule has 0 aromatic heterocycles. The minimum Gasteiger partial charge on any atom is -0.367 e. The number of nitrogens with one attached hydrogen (secondary N) is 2. The van der Waals surface area contributed by atoms with Crippen molar-refractivity contribution in [3.8, 4) is 0 Å². The molecule has 6 nitrogen and oxygen atoms in total. The molecule has 9 heteroatoms. The van der Waals surface area contributed by atoms with Crippen LogP contribution in [0.1, 0.15) is 0 Å². The van der Waals surface area contributed by atoms with Gasteiger partial charge in [0.2, 0.25) is 10.0 Å². The number of benzene rings is 1. The fourth-order valence-corrected chi connectivity index (χ4v) is 3.41. The Balaban J connectivity index is 2.46. The summed E-state index contributed by atoms with van der Waals surface area (Å²) < 4.78 is 25.6. The molecule has 0 spiro atoms. The molecule has 0 saturated carbocycles. The Morgan fingerprint density at radius 1 is 1.47 bits per heavy atom. The molecular formula is C8H11ClN4O2S2. The maximum absolute atomic E-state index is 11.3. The summed E-state index contributed by atoms with van der Waals surface area (Å²) in [6.07, 6.45) is -0.0797. The zero-order chi connectivity index (χ0) is 12.6. The van der Waals surface area contributed by atoms with Crippen LogP contribution >= 0.6 is 23.5 Å². The standard InChI is InChI=1S/C8H11ClN4O2S2/c9-4-1-5-6(2-7(4)17(11,14)15)16-13-8(3-10)12-5/h1-2,8,12-13H,3,10H2,(H2,11,14,15). The SMILES string of the molecule is NCC1NSc2cc(S(N)(=O)=O)c(Cl)cc2N1. The lowest BCUT2D eigenvalue weighted by Crippen LogP contribution is -2.41. The summed E-state index contributed by atoms with van der Waals surface area (Å²) in [7, 11) is -3.81. The number of hydrogen-bond donors (Lipinski definition) is 4. The average molecular weight is 295 g/mol. The summed E-state index contributed by atoms with van der Waals surface area (Å²) in [4.78, 5) is 0.628. The zero-order valence-electron chi connectivity index (χ0n) is 8.60. The number of hydrogen-bond acceptors (Lipinski definition) is 6. The second-order valence-electron chi connectivity index (χ2n) is 3.48. The smallest absolute Gasteiger partial charge is 0.239 e. The highest BCUT2D eigenvalue weighted by molar-refractivity contribution is 7.97. The highest BCUT2D eigenvalue weighted by atomic mass is 35.5. The maximum Gasteiger partial charge on any atom is 0.239 e. The molecule has 1 aliphatic heterocycles. The normalized spacial score (nSPS) is 19.6. The second-order valence-corrected chi connectivity index (χ2v) is 6.29. The van der Waals surface area contributed by atoms with Crippen molar-refractivity contribution in [2.75, 3.05) is 11.9 Å². The monoisotopic (exact) mass is 294 g/mol. The highest BCUT2D eigenvalue weighted by Crippen LogP contribution is 2.35. The molecule has 0 bridgehead atoms. The Morgan fingerprint density at radius 3 is 2.76 bits per heavy atom. The van der Waals surface area contributed by atoms with Crippen LogP contribution in [0.4, 0.5) is 5.69 Å². The molecule has 1 unspecified atom stereocenters. The molecule has 1 atom stereocenters. The largest absolute Gasteiger partial charge is 0.367 e. The van der Waals surface area contributed by atoms with E-state index in [-0.39, 0.29) is 16.1 Å². The third-order valence-electron chi connectivity index (χ3n) is 2.22. The van der Waals surface area contributed by atoms with E-state index in [0.717, 1.165) is 5.69 Å². The predicted octanol–water partition coefficient (Wildman–Crippen LogP) is 0.294. The zero-order valence-corrected chi connectivity index (χ0v) is 11.0. The van der Waals surface area contributed by atoms with E-state index in [2.05, 4.69) is 10.0 Å². The van der Waals surface area contributed by atoms with Gasteiger partial charge in [0.15, 0.2) is 0 Å². The van der Waals surface area contributed by atoms with E-state index in [9.17, 15) is 8.42 Å². The number of rotatable bonds is 2. The first kappa shape index (κ1) is 12.9. The summed E-state index contributed by atoms with van der Waals surface area (Å²) in [5.41, 5.74) is 6.25. The van der Waals surface area contributed by atoms with E-state index < -0.39 is 10.0 Å². The molecule has 1 aliphatic rings. The number of halogens is 1. The summed E-state index contributed by atoms with van der Waals surface area (Å²) in [6.45, 7) is 0.404. The number of anilines is 1. The topological polar surface area (TPSA) is 110 Å². The quantitative estimate of drug-likeness (QED) is 0.584. The first-order valence-electron chi connectivity index (χ1n) is 4.67. The first-order chi connectivity index (χ1) is 7.91. The molecule has 0 fully saturated rings. The van der Waals surface area contributed by atoms with Crippen molar-refractivity contribution in [3.63, 3.8) is 0 Å². The van der Waals surface area contributed by atoms with Crippen molar-refractivity contribution >= 4 is 39.3 Å². The Labute approximate surface area is 108 Å². The third kappa shape index (κ3) is 2.67. The van der Waals surface area contributed by atoms with Crippen LogP contribution in [0.25, 0.3) is 0 Å². The fraction of sp³-hybridized carbons (Fsp3) is 0.250. The highest BCUT2D eigenvalue weighted by Gasteiger charge is 2.21. The first-order valence-corrected chi connectivity index (χ1v) is 7.41. The third-order valence-corrected chi connectivity index (χ3v) is 4.55. The summed E-state index contributed by atoms with van der Waals surface area (Å²) in [5.74, 6) is 0. The Kier molecular flexibility index (Phi) is 3.53. The van der Waals surface area contributed by atoms with Gasteiger partial charge in [0, 0.05) is 11.4 Å². The molecule has 0 aliphatic carbocycles. The van der Waals surface area contributed by atoms with Crippen molar-refractivity contribution < 1.29 is 8.42 Å². The summed E-state index contributed by atoms with van der Waals surface area (Å²) in [6, 6.07) is 2.97. The van der Waals surface area contributed by atoms with Crippen LogP contribution in [0.3, 0.4) is 0 Å². The van der Waals surface area contributed by atoms with Gasteiger partial charge in [0.25, 0.3) is 0 Å². The van der Waals surface area contributed by atoms with Crippen molar-refractivity contribution in [3.05, 3.63) is 17.2 Å². The van der Waals surface area contributed by atoms with Gasteiger partial charge in [-0.1, -0.05) is 11.6 Å². The van der Waals surface area contributed by atoms with Crippen LogP contribution in [0.5, 0.6) is 0 Å². The second kappa shape index (κ2) is 4.63. The number of sulfonamides is 1. The van der Waals surface area contributed by atoms with E-state index in [0.29, 0.717) is 11.4 Å². The van der Waals surface area contributed by atoms with E-state index in [1.54, 1.807) is 0 Å². The van der Waals surface area contributed by atoms with E-state index in [4.69, 9.17) is 22.5 Å². The van der Waals surface area contributed by atoms with Gasteiger partial charge in [-0.3, -0.25) is 0 Å². The van der Waals surface area contributed by atoms with Crippen LogP contribution in [-0.2, 0) is 10.0 Å². The van der Waals surface area contributed by atoms with Gasteiger partial charge in [0.05, 0.1) is 16.9 Å². The Morgan fingerprint density at radius 2 is 2.18 bits per heavy atom. The minimum atomic E-state index is -3.81. The molecule has 0 amide bonds. The van der Waals surface area contributed by atoms with Gasteiger partial charge in [-0.25, -0.2) is 18.3 Å². The van der Waals surface area contributed by atoms with Gasteiger partial charge in [-0.05, 0) is 24.1 Å². The lowest BCUT2D eigenvalue weighted by molar-refractivity contribution is 0.597. The van der Waals surface area contributed by atoms with Gasteiger partial charge in [0.1, 0.15) is 4.90 Å². The molecule has 1 aromatic carbocycles. The maximum atomic E-state index is 11.3. The Hall–Kier alpha value is -0.510. The van der Waals surface area contributed by atoms with Gasteiger partial charge < -0.3 is 11.1 Å². The van der Waals surface area contributed by atoms with Crippen LogP contribution in [0.2, 0.25) is 5.02 Å². The van der Waals surface area contributed by atoms with Gasteiger partial charge in [-0.15, -0.1) is 0 Å². The van der Waals surface area contributed by atoms with Crippen molar-refractivity contribution in [2.45, 2.75) is 16.0 Å². The number of fused-ring (bicyclic) bond motifs is 1. The van der Waals surface area contributed by atoms with Crippen molar-refractivity contribution in [2.24, 2.45) is 10.9 Å². The lowest BCUT2D eigenvalue weighted by atomic mass is 10.3. The Bertz CT molecular complexity index is 549. The lowest BCUT2D eigenvalue weighted by Gasteiger charge is -2.26. The molecular weight excluding hydrogens is 284 g/mol. The van der Waals surface area contributed by atoms with Crippen molar-refractivity contribution in [1.82, 2.24) is 4.72 Å². The van der Waals surface area contributed by atoms with Crippen molar-refractivity contribution in [1.29, 1.82) is 0 Å². The predicted molar refractivity (Wildman–Crippen MR) is 68.3 cm³/mol. The molecule has 6 N–H and O–H groups in total. The summed E-state index contributed by atoms with van der Waals surface area (Å²) in [5, 5.41) is 8.25. The summed E-state index contributed by atoms with van der Waals surface area (Å²) >= 11 is 7.17. The van der Waals surface area contributed by atoms with E-state index >= 15 is 0 Å². The number of primary sulfonamides is 1. The van der Waals surface area contributed by atoms with Crippen LogP contribution in [-0.4, -0.2) is 21.1 Å². The molecule has 2 rings (SSSR count). The van der Waals surface area contributed by atoms with Crippen LogP contribution in [0.15, 0.2) is 21.9 Å². The number of nitrogens with two attached hydrogens (primary N) is 2. The fourth-order valence-electron chi connectivity index (χ4n) is 1.41. The van der Waals surface area contributed by atoms with E-state index in [1.807, 2.05) is 0 Å². The van der Waals surface area contributed by atoms with Crippen LogP contribution in [0, 0.1) is 0 Å². The minimum absolute atomic E-state index is 0.0797. The molecule has 1 aromatic rings. The molecule has 0 saturated heterocycles. The van der Waals surface area contributed by atoms with Crippen LogP contribution < -0.4 is 20.9 Å². The van der Waals surface area contributed by atoms with Gasteiger partial charge in [-0.2, -0.15) is 0 Å². The molecule has 1 heterocycles. The molecule has 0 radical (unpaired) electrons.